The van der Waals surface area contributed by atoms with Crippen molar-refractivity contribution >= 4 is 81.5 Å². The molecule has 5 rings (SSSR count). The van der Waals surface area contributed by atoms with Crippen molar-refractivity contribution in [3.05, 3.63) is 85.3 Å². The van der Waals surface area contributed by atoms with Crippen LogP contribution < -0.4 is 14.5 Å². The molecule has 0 aliphatic carbocycles. The van der Waals surface area contributed by atoms with Crippen molar-refractivity contribution in [3.63, 3.8) is 0 Å². The molecule has 0 bridgehead atoms. The van der Waals surface area contributed by atoms with E-state index in [1.807, 2.05) is 31.2 Å². The molecule has 0 unspecified atom stereocenters. The number of hydrogen-bond acceptors (Lipinski definition) is 5. The number of amides is 3. The highest BCUT2D eigenvalue weighted by atomic mass is 35.5. The van der Waals surface area contributed by atoms with Crippen LogP contribution in [-0.2, 0) is 16.0 Å². The topological polar surface area (TPSA) is 84.0 Å². The van der Waals surface area contributed by atoms with Gasteiger partial charge in [-0.05, 0) is 42.3 Å². The van der Waals surface area contributed by atoms with Gasteiger partial charge >= 0.3 is 5.97 Å². The molecule has 3 aromatic rings. The van der Waals surface area contributed by atoms with Crippen LogP contribution >= 0.6 is 46.4 Å². The lowest BCUT2D eigenvalue weighted by atomic mass is 10.1. The summed E-state index contributed by atoms with van der Waals surface area (Å²) >= 11 is 24.5. The number of ether oxygens (including phenoxy) is 1. The number of esters is 1. The quantitative estimate of drug-likeness (QED) is 0.109. The molecule has 1 fully saturated rings. The van der Waals surface area contributed by atoms with Crippen LogP contribution in [-0.4, -0.2) is 30.2 Å². The van der Waals surface area contributed by atoms with Gasteiger partial charge in [-0.15, -0.1) is 0 Å². The molecule has 0 N–H and O–H groups in total. The number of benzene rings is 3. The number of rotatable bonds is 5. The van der Waals surface area contributed by atoms with Crippen molar-refractivity contribution < 1.29 is 23.9 Å². The smallest absolute Gasteiger partial charge is 0.316 e. The van der Waals surface area contributed by atoms with Gasteiger partial charge in [0.15, 0.2) is 0 Å². The average molecular weight is 592 g/mol. The normalized spacial score (nSPS) is 16.9. The van der Waals surface area contributed by atoms with Crippen LogP contribution in [0.2, 0.25) is 20.1 Å². The summed E-state index contributed by atoms with van der Waals surface area (Å²) in [6.07, 6.45) is 0.795. The summed E-state index contributed by atoms with van der Waals surface area (Å²) in [6, 6.07) is 13.4. The molecule has 2 aliphatic rings. The number of fused-ring (bicyclic) bond motifs is 1. The molecule has 3 amide bonds. The first kappa shape index (κ1) is 26.5. The maximum absolute atomic E-state index is 13.0. The van der Waals surface area contributed by atoms with E-state index in [-0.39, 0.29) is 61.5 Å². The van der Waals surface area contributed by atoms with Gasteiger partial charge in [0.2, 0.25) is 5.91 Å². The van der Waals surface area contributed by atoms with Crippen molar-refractivity contribution in [2.75, 3.05) is 16.3 Å². The first-order valence-electron chi connectivity index (χ1n) is 11.6. The fourth-order valence-electron chi connectivity index (χ4n) is 4.62. The van der Waals surface area contributed by atoms with E-state index in [1.54, 1.807) is 4.90 Å². The SMILES string of the molecule is CCc1ccccc1N1C[C@H](C(=O)Oc2ccc(N3C(=O)c4c(Cl)c(Cl)c(Cl)c(Cl)c4C3=O)cc2)CC1=O. The van der Waals surface area contributed by atoms with E-state index in [9.17, 15) is 19.2 Å². The van der Waals surface area contributed by atoms with Crippen LogP contribution in [0.15, 0.2) is 48.5 Å². The fourth-order valence-corrected chi connectivity index (χ4v) is 5.63. The molecule has 194 valence electrons. The number of hydrogen-bond donors (Lipinski definition) is 0. The molecule has 3 aromatic carbocycles. The van der Waals surface area contributed by atoms with Crippen molar-refractivity contribution in [1.29, 1.82) is 0 Å². The van der Waals surface area contributed by atoms with Gasteiger partial charge in [0.25, 0.3) is 11.8 Å². The average Bonchev–Trinajstić information content (AvgIpc) is 3.43. The Morgan fingerprint density at radius 2 is 1.45 bits per heavy atom. The zero-order chi connectivity index (χ0) is 27.3. The Kier molecular flexibility index (Phi) is 7.13. The van der Waals surface area contributed by atoms with Gasteiger partial charge in [-0.3, -0.25) is 19.2 Å². The molecule has 1 atom stereocenters. The number of imide groups is 1. The van der Waals surface area contributed by atoms with Crippen LogP contribution in [0.25, 0.3) is 0 Å². The Labute approximate surface area is 237 Å². The molecular weight excluding hydrogens is 574 g/mol. The highest BCUT2D eigenvalue weighted by Crippen LogP contribution is 2.45. The maximum Gasteiger partial charge on any atom is 0.316 e. The summed E-state index contributed by atoms with van der Waals surface area (Å²) in [7, 11) is 0. The summed E-state index contributed by atoms with van der Waals surface area (Å²) in [5.41, 5.74) is 1.75. The molecule has 2 aliphatic heterocycles. The lowest BCUT2D eigenvalue weighted by Gasteiger charge is -2.19. The molecule has 38 heavy (non-hydrogen) atoms. The number of carbonyl (C=O) groups excluding carboxylic acids is 4. The Bertz CT molecular complexity index is 1480. The van der Waals surface area contributed by atoms with Crippen LogP contribution in [0.4, 0.5) is 11.4 Å². The minimum Gasteiger partial charge on any atom is -0.426 e. The molecule has 0 aromatic heterocycles. The summed E-state index contributed by atoms with van der Waals surface area (Å²) in [6.45, 7) is 2.22. The predicted octanol–water partition coefficient (Wildman–Crippen LogP) is 6.62. The van der Waals surface area contributed by atoms with Crippen molar-refractivity contribution in [3.8, 4) is 5.75 Å². The van der Waals surface area contributed by atoms with E-state index in [2.05, 4.69) is 0 Å². The van der Waals surface area contributed by atoms with Crippen molar-refractivity contribution in [2.45, 2.75) is 19.8 Å². The summed E-state index contributed by atoms with van der Waals surface area (Å²) in [5, 5.41) is -0.567. The molecule has 0 saturated carbocycles. The number of carbonyl (C=O) groups is 4. The summed E-state index contributed by atoms with van der Waals surface area (Å²) < 4.78 is 5.51. The predicted molar refractivity (Wildman–Crippen MR) is 146 cm³/mol. The van der Waals surface area contributed by atoms with Gasteiger partial charge in [0.05, 0.1) is 42.8 Å². The third kappa shape index (κ3) is 4.33. The van der Waals surface area contributed by atoms with Gasteiger partial charge in [0, 0.05) is 18.7 Å². The van der Waals surface area contributed by atoms with E-state index >= 15 is 0 Å². The zero-order valence-electron chi connectivity index (χ0n) is 19.8. The van der Waals surface area contributed by atoms with E-state index in [4.69, 9.17) is 51.1 Å². The third-order valence-corrected chi connectivity index (χ3v) is 8.34. The monoisotopic (exact) mass is 590 g/mol. The Morgan fingerprint density at radius 1 is 0.868 bits per heavy atom. The molecule has 1 saturated heterocycles. The highest BCUT2D eigenvalue weighted by molar-refractivity contribution is 6.56. The molecule has 0 spiro atoms. The minimum absolute atomic E-state index is 0.0383. The second-order valence-corrected chi connectivity index (χ2v) is 10.3. The second-order valence-electron chi connectivity index (χ2n) is 8.75. The van der Waals surface area contributed by atoms with Gasteiger partial charge in [0.1, 0.15) is 5.75 Å². The van der Waals surface area contributed by atoms with E-state index < -0.39 is 23.7 Å². The minimum atomic E-state index is -0.711. The number of nitrogens with zero attached hydrogens (tertiary/aromatic N) is 2. The fraction of sp³-hybridized carbons (Fsp3) is 0.185. The number of aryl methyl sites for hydroxylation is 1. The van der Waals surface area contributed by atoms with Crippen LogP contribution in [0.1, 0.15) is 39.6 Å². The lowest BCUT2D eigenvalue weighted by Crippen LogP contribution is -2.29. The van der Waals surface area contributed by atoms with Crippen LogP contribution in [0.3, 0.4) is 0 Å². The first-order chi connectivity index (χ1) is 18.1. The van der Waals surface area contributed by atoms with Gasteiger partial charge in [-0.2, -0.15) is 0 Å². The Balaban J connectivity index is 1.31. The summed E-state index contributed by atoms with van der Waals surface area (Å²) in [5.74, 6) is -2.56. The van der Waals surface area contributed by atoms with Gasteiger partial charge in [-0.25, -0.2) is 4.90 Å². The summed E-state index contributed by atoms with van der Waals surface area (Å²) in [4.78, 5) is 54.1. The lowest BCUT2D eigenvalue weighted by molar-refractivity contribution is -0.139. The highest BCUT2D eigenvalue weighted by Gasteiger charge is 2.42. The molecule has 11 heteroatoms. The second kappa shape index (κ2) is 10.2. The van der Waals surface area contributed by atoms with Crippen LogP contribution in [0.5, 0.6) is 5.75 Å². The number of anilines is 2. The van der Waals surface area contributed by atoms with Crippen molar-refractivity contribution in [2.24, 2.45) is 5.92 Å². The first-order valence-corrected chi connectivity index (χ1v) is 13.1. The molecule has 0 radical (unpaired) electrons. The number of halogens is 4. The molecule has 7 nitrogen and oxygen atoms in total. The largest absolute Gasteiger partial charge is 0.426 e. The molecular formula is C27H18Cl4N2O5. The van der Waals surface area contributed by atoms with Crippen molar-refractivity contribution in [1.82, 2.24) is 0 Å². The molecule has 2 heterocycles. The number of para-hydroxylation sites is 1. The maximum atomic E-state index is 13.0. The van der Waals surface area contributed by atoms with E-state index in [1.165, 1.54) is 24.3 Å². The zero-order valence-corrected chi connectivity index (χ0v) is 22.8. The third-order valence-electron chi connectivity index (χ3n) is 6.54. The van der Waals surface area contributed by atoms with Crippen LogP contribution in [0, 0.1) is 5.92 Å². The Morgan fingerprint density at radius 3 is 2.03 bits per heavy atom. The Hall–Kier alpha value is -3.10. The van der Waals surface area contributed by atoms with Gasteiger partial charge in [-0.1, -0.05) is 71.5 Å². The van der Waals surface area contributed by atoms with Gasteiger partial charge < -0.3 is 9.64 Å². The van der Waals surface area contributed by atoms with E-state index in [0.29, 0.717) is 0 Å². The van der Waals surface area contributed by atoms with E-state index in [0.717, 1.165) is 22.6 Å². The standard InChI is InChI=1S/C27H18Cl4N2O5/c1-2-13-5-3-4-6-17(13)32-12-14(11-18(32)34)27(37)38-16-9-7-15(8-10-16)33-25(35)19-20(26(33)36)22(29)24(31)23(30)21(19)28/h3-10,14H,2,11-12H2,1H3/t14-/m1/s1.